The Morgan fingerprint density at radius 3 is 1.22 bits per heavy atom. The number of hydrogen-bond acceptors (Lipinski definition) is 8. The summed E-state index contributed by atoms with van der Waals surface area (Å²) in [4.78, 5) is 60.4. The molecule has 0 aromatic carbocycles. The number of nitrogens with zero attached hydrogens (tertiary/aromatic N) is 2. The summed E-state index contributed by atoms with van der Waals surface area (Å²) in [5, 5.41) is 18.1. The van der Waals surface area contributed by atoms with E-state index in [0.29, 0.717) is 74.7 Å². The standard InChI is InChI=1S/C34H48N8O4/c1-23-31(43)35-19-11-12-20-36-33(45)25(3)41-29-17-9-6-10-18-30(29)42-26(4)34(46)38-22-14-13-21-37-32(44)24(2)40-28-16-8-5-7-15-27(28)39-23/h5-10,15-18,23-26,39,42H,11-14,19-22H2,1-4H3,(H,35,43)(H,36,45)(H,37,44)(H,38,46)/t23-,24-,25-,26-/m0/s1. The van der Waals surface area contributed by atoms with Crippen molar-refractivity contribution >= 4 is 35.1 Å². The van der Waals surface area contributed by atoms with Gasteiger partial charge in [-0.05, 0) is 77.7 Å². The topological polar surface area (TPSA) is 165 Å². The summed E-state index contributed by atoms with van der Waals surface area (Å²) < 4.78 is 0. The summed E-state index contributed by atoms with van der Waals surface area (Å²) in [6, 6.07) is -2.38. The Kier molecular flexibility index (Phi) is 14.7. The SMILES string of the molecule is C[C@@H]1N=C2C=CC=CC=C2N[C@@H](C)C(=O)NCCCCNC(=O)[C@H](C)N=C2C=CC=CC=C2N[C@@H](C)C(=O)NCCCCNC1=O. The summed E-state index contributed by atoms with van der Waals surface area (Å²) in [7, 11) is 0. The minimum Gasteiger partial charge on any atom is -0.372 e. The molecule has 0 saturated heterocycles. The third kappa shape index (κ3) is 12.0. The van der Waals surface area contributed by atoms with Crippen molar-refractivity contribution in [1.82, 2.24) is 31.9 Å². The van der Waals surface area contributed by atoms with Gasteiger partial charge >= 0.3 is 0 Å². The first-order valence-electron chi connectivity index (χ1n) is 16.1. The molecule has 12 heteroatoms. The Bertz CT molecular complexity index is 1250. The average Bonchev–Trinajstić information content (AvgIpc) is 3.39. The quantitative estimate of drug-likeness (QED) is 0.238. The first kappa shape index (κ1) is 35.7. The Balaban J connectivity index is 1.69. The third-order valence-electron chi connectivity index (χ3n) is 7.39. The molecule has 12 nitrogen and oxygen atoms in total. The second-order valence-corrected chi connectivity index (χ2v) is 11.3. The van der Waals surface area contributed by atoms with E-state index in [0.717, 1.165) is 0 Å². The van der Waals surface area contributed by atoms with Gasteiger partial charge in [0.05, 0.1) is 22.8 Å². The van der Waals surface area contributed by atoms with Crippen molar-refractivity contribution < 1.29 is 19.2 Å². The maximum absolute atomic E-state index is 12.8. The van der Waals surface area contributed by atoms with Gasteiger partial charge in [0, 0.05) is 26.2 Å². The number of aliphatic imine (C=N–C) groups is 2. The fourth-order valence-corrected chi connectivity index (χ4v) is 4.62. The predicted molar refractivity (Wildman–Crippen MR) is 182 cm³/mol. The molecule has 46 heavy (non-hydrogen) atoms. The van der Waals surface area contributed by atoms with Crippen molar-refractivity contribution in [1.29, 1.82) is 0 Å². The van der Waals surface area contributed by atoms with Crippen LogP contribution in [0.3, 0.4) is 0 Å². The molecule has 4 atom stereocenters. The lowest BCUT2D eigenvalue weighted by atomic mass is 10.2. The van der Waals surface area contributed by atoms with Crippen molar-refractivity contribution in [3.05, 3.63) is 72.2 Å². The molecule has 0 spiro atoms. The molecule has 0 bridgehead atoms. The van der Waals surface area contributed by atoms with Crippen LogP contribution < -0.4 is 31.9 Å². The van der Waals surface area contributed by atoms with E-state index < -0.39 is 24.2 Å². The molecule has 0 radical (unpaired) electrons. The number of amides is 4. The molecule has 0 saturated carbocycles. The van der Waals surface area contributed by atoms with Crippen molar-refractivity contribution in [3.63, 3.8) is 0 Å². The molecule has 6 N–H and O–H groups in total. The first-order valence-corrected chi connectivity index (χ1v) is 16.1. The number of rotatable bonds is 0. The molecule has 0 fully saturated rings. The number of carbonyl (C=O) groups is 4. The van der Waals surface area contributed by atoms with E-state index >= 15 is 0 Å². The fraction of sp³-hybridized carbons (Fsp3) is 0.471. The lowest BCUT2D eigenvalue weighted by Crippen LogP contribution is -2.43. The predicted octanol–water partition coefficient (Wildman–Crippen LogP) is 1.66. The smallest absolute Gasteiger partial charge is 0.244 e. The van der Waals surface area contributed by atoms with E-state index in [9.17, 15) is 19.2 Å². The second-order valence-electron chi connectivity index (χ2n) is 11.3. The molecule has 248 valence electrons. The normalized spacial score (nSPS) is 26.5. The molecule has 0 aromatic rings. The van der Waals surface area contributed by atoms with Crippen LogP contribution in [-0.4, -0.2) is 85.4 Å². The number of nitrogens with one attached hydrogen (secondary N) is 6. The molecular weight excluding hydrogens is 584 g/mol. The third-order valence-corrected chi connectivity index (χ3v) is 7.39. The van der Waals surface area contributed by atoms with Crippen LogP contribution in [0, 0.1) is 0 Å². The van der Waals surface area contributed by atoms with Crippen molar-refractivity contribution in [3.8, 4) is 0 Å². The summed E-state index contributed by atoms with van der Waals surface area (Å²) in [5.74, 6) is -0.750. The minimum atomic E-state index is -0.648. The van der Waals surface area contributed by atoms with Gasteiger partial charge in [-0.2, -0.15) is 0 Å². The van der Waals surface area contributed by atoms with Crippen LogP contribution in [0.5, 0.6) is 0 Å². The van der Waals surface area contributed by atoms with E-state index in [1.54, 1.807) is 39.8 Å². The van der Waals surface area contributed by atoms with Crippen LogP contribution in [0.2, 0.25) is 0 Å². The van der Waals surface area contributed by atoms with Crippen LogP contribution >= 0.6 is 0 Å². The van der Waals surface area contributed by atoms with Crippen LogP contribution in [0.4, 0.5) is 0 Å². The van der Waals surface area contributed by atoms with Gasteiger partial charge < -0.3 is 31.9 Å². The molecule has 0 unspecified atom stereocenters. The minimum absolute atomic E-state index is 0.168. The highest BCUT2D eigenvalue weighted by atomic mass is 16.2. The van der Waals surface area contributed by atoms with Crippen LogP contribution in [0.15, 0.2) is 82.1 Å². The van der Waals surface area contributed by atoms with Crippen molar-refractivity contribution in [2.75, 3.05) is 26.2 Å². The molecule has 2 aliphatic carbocycles. The van der Waals surface area contributed by atoms with Gasteiger partial charge in [-0.15, -0.1) is 0 Å². The highest BCUT2D eigenvalue weighted by Crippen LogP contribution is 2.09. The van der Waals surface area contributed by atoms with Crippen molar-refractivity contribution in [2.24, 2.45) is 9.98 Å². The van der Waals surface area contributed by atoms with Gasteiger partial charge in [0.15, 0.2) is 0 Å². The van der Waals surface area contributed by atoms with E-state index in [4.69, 9.17) is 0 Å². The van der Waals surface area contributed by atoms with Gasteiger partial charge in [0.1, 0.15) is 24.2 Å². The molecule has 3 rings (SSSR count). The number of hydrogen-bond donors (Lipinski definition) is 6. The van der Waals surface area contributed by atoms with Crippen LogP contribution in [0.1, 0.15) is 53.4 Å². The molecular formula is C34H48N8O4. The number of allylic oxidation sites excluding steroid dienone is 10. The van der Waals surface area contributed by atoms with E-state index in [-0.39, 0.29) is 23.6 Å². The molecule has 1 aliphatic heterocycles. The zero-order valence-electron chi connectivity index (χ0n) is 27.3. The van der Waals surface area contributed by atoms with Gasteiger partial charge in [0.2, 0.25) is 23.6 Å². The maximum Gasteiger partial charge on any atom is 0.244 e. The van der Waals surface area contributed by atoms with Gasteiger partial charge in [-0.25, -0.2) is 0 Å². The lowest BCUT2D eigenvalue weighted by Gasteiger charge is -2.19. The Labute approximate surface area is 271 Å². The largest absolute Gasteiger partial charge is 0.372 e. The monoisotopic (exact) mass is 632 g/mol. The second kappa shape index (κ2) is 18.9. The lowest BCUT2D eigenvalue weighted by molar-refractivity contribution is -0.123. The zero-order valence-corrected chi connectivity index (χ0v) is 27.3. The molecule has 4 amide bonds. The summed E-state index contributed by atoms with van der Waals surface area (Å²) in [6.07, 6.45) is 21.0. The fourth-order valence-electron chi connectivity index (χ4n) is 4.62. The number of carbonyl (C=O) groups excluding carboxylic acids is 4. The van der Waals surface area contributed by atoms with Crippen LogP contribution in [-0.2, 0) is 19.2 Å². The van der Waals surface area contributed by atoms with Crippen LogP contribution in [0.25, 0.3) is 0 Å². The van der Waals surface area contributed by atoms with Gasteiger partial charge in [0.25, 0.3) is 0 Å². The average molecular weight is 633 g/mol. The van der Waals surface area contributed by atoms with E-state index in [1.807, 2.05) is 48.6 Å². The molecule has 0 aromatic heterocycles. The Hall–Kier alpha value is -4.74. The van der Waals surface area contributed by atoms with E-state index in [2.05, 4.69) is 41.9 Å². The zero-order chi connectivity index (χ0) is 33.3. The van der Waals surface area contributed by atoms with Gasteiger partial charge in [-0.3, -0.25) is 29.2 Å². The van der Waals surface area contributed by atoms with Crippen molar-refractivity contribution in [2.45, 2.75) is 77.5 Å². The molecule has 3 aliphatic rings. The Morgan fingerprint density at radius 2 is 0.848 bits per heavy atom. The Morgan fingerprint density at radius 1 is 0.500 bits per heavy atom. The maximum atomic E-state index is 12.8. The molecule has 1 heterocycles. The van der Waals surface area contributed by atoms with E-state index in [1.165, 1.54) is 0 Å². The summed E-state index contributed by atoms with van der Waals surface area (Å²) in [5.41, 5.74) is 2.41. The van der Waals surface area contributed by atoms with Gasteiger partial charge in [-0.1, -0.05) is 36.5 Å². The highest BCUT2D eigenvalue weighted by Gasteiger charge is 2.20. The summed E-state index contributed by atoms with van der Waals surface area (Å²) in [6.45, 7) is 8.80. The summed E-state index contributed by atoms with van der Waals surface area (Å²) >= 11 is 0. The number of fused-ring (bicyclic) bond motifs is 2. The first-order chi connectivity index (χ1) is 22.2. The highest BCUT2D eigenvalue weighted by molar-refractivity contribution is 6.10.